The first-order valence-electron chi connectivity index (χ1n) is 9.83. The lowest BCUT2D eigenvalue weighted by Gasteiger charge is -2.31. The summed E-state index contributed by atoms with van der Waals surface area (Å²) in [7, 11) is 3.04. The third kappa shape index (κ3) is 3.93. The van der Waals surface area contributed by atoms with E-state index in [1.54, 1.807) is 12.1 Å². The molecule has 1 atom stereocenters. The van der Waals surface area contributed by atoms with Crippen molar-refractivity contribution < 1.29 is 19.0 Å². The van der Waals surface area contributed by atoms with Crippen LogP contribution in [0.3, 0.4) is 0 Å². The highest BCUT2D eigenvalue weighted by Gasteiger charge is 2.37. The zero-order valence-corrected chi connectivity index (χ0v) is 19.5. The van der Waals surface area contributed by atoms with Gasteiger partial charge in [0.1, 0.15) is 0 Å². The van der Waals surface area contributed by atoms with Crippen LogP contribution in [0.4, 0.5) is 5.69 Å². The molecule has 3 aromatic rings. The fourth-order valence-electron chi connectivity index (χ4n) is 3.59. The van der Waals surface area contributed by atoms with Gasteiger partial charge in [-0.2, -0.15) is 4.98 Å². The van der Waals surface area contributed by atoms with Gasteiger partial charge in [-0.05, 0) is 17.9 Å². The van der Waals surface area contributed by atoms with Crippen LogP contribution >= 0.6 is 23.4 Å². The van der Waals surface area contributed by atoms with Gasteiger partial charge in [-0.1, -0.05) is 48.5 Å². The van der Waals surface area contributed by atoms with E-state index < -0.39 is 6.23 Å². The summed E-state index contributed by atoms with van der Waals surface area (Å²) < 4.78 is 17.5. The second-order valence-electron chi connectivity index (χ2n) is 6.79. The minimum Gasteiger partial charge on any atom is -0.493 e. The first kappa shape index (κ1) is 22.2. The van der Waals surface area contributed by atoms with E-state index in [4.69, 9.17) is 25.8 Å². The van der Waals surface area contributed by atoms with E-state index in [0.717, 1.165) is 5.75 Å². The van der Waals surface area contributed by atoms with Crippen molar-refractivity contribution in [3.8, 4) is 28.6 Å². The second-order valence-corrected chi connectivity index (χ2v) is 8.46. The van der Waals surface area contributed by atoms with Gasteiger partial charge in [0.2, 0.25) is 23.2 Å². The molecule has 2 aromatic carbocycles. The van der Waals surface area contributed by atoms with Crippen LogP contribution in [0.15, 0.2) is 41.6 Å². The van der Waals surface area contributed by atoms with Crippen LogP contribution in [0.5, 0.6) is 17.4 Å². The molecule has 1 aromatic heterocycles. The first-order valence-corrected chi connectivity index (χ1v) is 11.2. The van der Waals surface area contributed by atoms with E-state index in [0.29, 0.717) is 44.2 Å². The van der Waals surface area contributed by atoms with Gasteiger partial charge in [-0.3, -0.25) is 9.69 Å². The Labute approximate surface area is 194 Å². The number of ether oxygens (including phenoxy) is 3. The van der Waals surface area contributed by atoms with Crippen LogP contribution in [0, 0.1) is 0 Å². The number of halogens is 1. The molecule has 0 spiro atoms. The number of rotatable bonds is 5. The smallest absolute Gasteiger partial charge is 0.247 e. The summed E-state index contributed by atoms with van der Waals surface area (Å²) in [6, 6.07) is 10.7. The molecule has 1 aliphatic rings. The third-order valence-corrected chi connectivity index (χ3v) is 5.80. The first-order chi connectivity index (χ1) is 15.5. The standard InChI is InChI=1S/C22H21ClN4O4S/c1-5-32-22-24-20-18(25-26-22)14-8-6-7-9-16(14)27(12(2)28)21(31-20)15-10-13(23)11-17(29-3)19(15)30-4/h6-11,21H,5H2,1-4H3/t21-/m0/s1. The van der Waals surface area contributed by atoms with Gasteiger partial charge in [0.25, 0.3) is 0 Å². The number of carbonyl (C=O) groups excluding carboxylic acids is 1. The molecule has 2 heterocycles. The Kier molecular flexibility index (Phi) is 6.38. The molecule has 0 radical (unpaired) electrons. The van der Waals surface area contributed by atoms with Crippen molar-refractivity contribution >= 4 is 35.0 Å². The zero-order chi connectivity index (χ0) is 22.8. The Balaban J connectivity index is 2.00. The molecule has 0 saturated heterocycles. The van der Waals surface area contributed by atoms with Crippen molar-refractivity contribution in [1.82, 2.24) is 15.2 Å². The van der Waals surface area contributed by atoms with E-state index >= 15 is 0 Å². The molecule has 8 nitrogen and oxygen atoms in total. The van der Waals surface area contributed by atoms with E-state index in [1.165, 1.54) is 37.8 Å². The van der Waals surface area contributed by atoms with E-state index in [-0.39, 0.29) is 11.8 Å². The summed E-state index contributed by atoms with van der Waals surface area (Å²) >= 11 is 7.82. The molecule has 0 saturated carbocycles. The number of carbonyl (C=O) groups is 1. The number of benzene rings is 2. The van der Waals surface area contributed by atoms with Crippen molar-refractivity contribution in [3.05, 3.63) is 47.0 Å². The Morgan fingerprint density at radius 3 is 2.69 bits per heavy atom. The van der Waals surface area contributed by atoms with Crippen molar-refractivity contribution in [3.63, 3.8) is 0 Å². The Morgan fingerprint density at radius 1 is 1.22 bits per heavy atom. The summed E-state index contributed by atoms with van der Waals surface area (Å²) in [6.07, 6.45) is -0.936. The lowest BCUT2D eigenvalue weighted by Crippen LogP contribution is -2.36. The summed E-state index contributed by atoms with van der Waals surface area (Å²) in [5.41, 5.74) is 2.25. The SMILES string of the molecule is CCSc1nnc2c(n1)O[C@@H](c1cc(Cl)cc(OC)c1OC)N(C(C)=O)c1ccccc1-2. The lowest BCUT2D eigenvalue weighted by molar-refractivity contribution is -0.118. The maximum atomic E-state index is 12.9. The van der Waals surface area contributed by atoms with Crippen molar-refractivity contribution in [1.29, 1.82) is 0 Å². The van der Waals surface area contributed by atoms with E-state index in [9.17, 15) is 4.79 Å². The molecule has 0 unspecified atom stereocenters. The minimum absolute atomic E-state index is 0.243. The van der Waals surface area contributed by atoms with Gasteiger partial charge < -0.3 is 14.2 Å². The Morgan fingerprint density at radius 2 is 2.00 bits per heavy atom. The average molecular weight is 473 g/mol. The van der Waals surface area contributed by atoms with Crippen LogP contribution in [0.1, 0.15) is 25.6 Å². The summed E-state index contributed by atoms with van der Waals surface area (Å²) in [5.74, 6) is 1.62. The number of amides is 1. The number of thioether (sulfide) groups is 1. The number of methoxy groups -OCH3 is 2. The Bertz CT molecular complexity index is 1180. The van der Waals surface area contributed by atoms with Crippen molar-refractivity contribution in [2.24, 2.45) is 0 Å². The molecule has 1 amide bonds. The molecule has 0 N–H and O–H groups in total. The monoisotopic (exact) mass is 472 g/mol. The number of aromatic nitrogens is 3. The van der Waals surface area contributed by atoms with Gasteiger partial charge in [0.15, 0.2) is 17.2 Å². The summed E-state index contributed by atoms with van der Waals surface area (Å²) in [6.45, 7) is 3.47. The predicted octanol–water partition coefficient (Wildman–Crippen LogP) is 4.77. The number of anilines is 1. The van der Waals surface area contributed by atoms with E-state index in [1.807, 2.05) is 31.2 Å². The largest absolute Gasteiger partial charge is 0.493 e. The van der Waals surface area contributed by atoms with Crippen LogP contribution in [-0.2, 0) is 4.79 Å². The van der Waals surface area contributed by atoms with Crippen LogP contribution in [0.25, 0.3) is 11.3 Å². The number of fused-ring (bicyclic) bond motifs is 3. The van der Waals surface area contributed by atoms with Crippen LogP contribution in [-0.4, -0.2) is 41.1 Å². The molecule has 4 rings (SSSR count). The maximum absolute atomic E-state index is 12.9. The minimum atomic E-state index is -0.936. The zero-order valence-electron chi connectivity index (χ0n) is 18.0. The molecular weight excluding hydrogens is 452 g/mol. The highest BCUT2D eigenvalue weighted by molar-refractivity contribution is 7.99. The Hall–Kier alpha value is -3.04. The molecule has 0 bridgehead atoms. The molecular formula is C22H21ClN4O4S. The molecule has 1 aliphatic heterocycles. The van der Waals surface area contributed by atoms with E-state index in [2.05, 4.69) is 15.2 Å². The molecule has 0 aliphatic carbocycles. The van der Waals surface area contributed by atoms with Gasteiger partial charge in [-0.15, -0.1) is 10.2 Å². The van der Waals surface area contributed by atoms with Crippen molar-refractivity contribution in [2.45, 2.75) is 25.2 Å². The molecule has 166 valence electrons. The highest BCUT2D eigenvalue weighted by atomic mass is 35.5. The maximum Gasteiger partial charge on any atom is 0.247 e. The number of hydrogen-bond donors (Lipinski definition) is 0. The fourth-order valence-corrected chi connectivity index (χ4v) is 4.31. The van der Waals surface area contributed by atoms with Crippen molar-refractivity contribution in [2.75, 3.05) is 24.9 Å². The number of hydrogen-bond acceptors (Lipinski definition) is 8. The van der Waals surface area contributed by atoms with Gasteiger partial charge in [0, 0.05) is 23.6 Å². The molecule has 10 heteroatoms. The number of para-hydroxylation sites is 1. The quantitative estimate of drug-likeness (QED) is 0.491. The fraction of sp³-hybridized carbons (Fsp3) is 0.273. The van der Waals surface area contributed by atoms with Gasteiger partial charge in [0.05, 0.1) is 25.5 Å². The predicted molar refractivity (Wildman–Crippen MR) is 123 cm³/mol. The molecule has 0 fully saturated rings. The highest BCUT2D eigenvalue weighted by Crippen LogP contribution is 2.47. The second kappa shape index (κ2) is 9.22. The topological polar surface area (TPSA) is 86.7 Å². The van der Waals surface area contributed by atoms with Gasteiger partial charge in [-0.25, -0.2) is 0 Å². The summed E-state index contributed by atoms with van der Waals surface area (Å²) in [5, 5.41) is 9.48. The lowest BCUT2D eigenvalue weighted by atomic mass is 10.1. The molecule has 32 heavy (non-hydrogen) atoms. The van der Waals surface area contributed by atoms with Crippen LogP contribution in [0.2, 0.25) is 5.02 Å². The normalized spacial score (nSPS) is 14.7. The third-order valence-electron chi connectivity index (χ3n) is 4.86. The van der Waals surface area contributed by atoms with Crippen LogP contribution < -0.4 is 19.1 Å². The summed E-state index contributed by atoms with van der Waals surface area (Å²) in [4.78, 5) is 19.0. The number of nitrogens with zero attached hydrogens (tertiary/aromatic N) is 4. The average Bonchev–Trinajstić information content (AvgIpc) is 2.93. The van der Waals surface area contributed by atoms with Gasteiger partial charge >= 0.3 is 0 Å².